The highest BCUT2D eigenvalue weighted by Gasteiger charge is 2.20. The number of carbonyl (C=O) groups excluding carboxylic acids is 2. The molecule has 0 aromatic carbocycles. The van der Waals surface area contributed by atoms with Gasteiger partial charge in [0.25, 0.3) is 0 Å². The van der Waals surface area contributed by atoms with Crippen LogP contribution in [0.5, 0.6) is 0 Å². The summed E-state index contributed by atoms with van der Waals surface area (Å²) in [7, 11) is 0. The van der Waals surface area contributed by atoms with Crippen molar-refractivity contribution in [3.8, 4) is 0 Å². The summed E-state index contributed by atoms with van der Waals surface area (Å²) in [4.78, 5) is 24.5. The first-order chi connectivity index (χ1) is 32.5. The Morgan fingerprint density at radius 2 is 0.712 bits per heavy atom. The van der Waals surface area contributed by atoms with Crippen LogP contribution in [0, 0.1) is 0 Å². The Balaban J connectivity index is 3.44. The smallest absolute Gasteiger partial charge is 0.305 e. The topological polar surface area (TPSA) is 95.9 Å². The number of hydrogen-bond acceptors (Lipinski definition) is 5. The number of nitrogens with one attached hydrogen (secondary N) is 1. The summed E-state index contributed by atoms with van der Waals surface area (Å²) >= 11 is 0. The van der Waals surface area contributed by atoms with Crippen molar-refractivity contribution in [2.45, 2.75) is 347 Å². The van der Waals surface area contributed by atoms with Gasteiger partial charge in [-0.25, -0.2) is 0 Å². The van der Waals surface area contributed by atoms with Crippen LogP contribution < -0.4 is 5.32 Å². The SMILES string of the molecule is CCCCCCCCCCCCCCCCCCCCC(O)C(CO)NC(=O)CCCCCCCCC/C=C\CCCCCCCCCCOC(=O)CCCCCCCCCCCCCC. The molecular formula is C60H117NO5. The van der Waals surface area contributed by atoms with E-state index in [0.717, 1.165) is 44.9 Å². The minimum atomic E-state index is -0.670. The van der Waals surface area contributed by atoms with Crippen molar-refractivity contribution >= 4 is 11.9 Å². The number of hydrogen-bond donors (Lipinski definition) is 3. The van der Waals surface area contributed by atoms with Crippen molar-refractivity contribution in [1.82, 2.24) is 5.32 Å². The number of esters is 1. The van der Waals surface area contributed by atoms with E-state index in [0.29, 0.717) is 25.9 Å². The molecule has 392 valence electrons. The van der Waals surface area contributed by atoms with E-state index in [9.17, 15) is 19.8 Å². The molecule has 0 fully saturated rings. The van der Waals surface area contributed by atoms with Gasteiger partial charge in [0.2, 0.25) is 5.91 Å². The van der Waals surface area contributed by atoms with Crippen LogP contribution >= 0.6 is 0 Å². The second-order valence-electron chi connectivity index (χ2n) is 20.7. The number of unbranched alkanes of at least 4 members (excludes halogenated alkanes) is 43. The Morgan fingerprint density at radius 3 is 1.08 bits per heavy atom. The maximum absolute atomic E-state index is 12.5. The van der Waals surface area contributed by atoms with Gasteiger partial charge in [0.15, 0.2) is 0 Å². The van der Waals surface area contributed by atoms with Crippen molar-refractivity contribution in [3.63, 3.8) is 0 Å². The van der Waals surface area contributed by atoms with E-state index < -0.39 is 12.1 Å². The van der Waals surface area contributed by atoms with Crippen LogP contribution in [0.4, 0.5) is 0 Å². The Labute approximate surface area is 412 Å². The molecule has 2 atom stereocenters. The van der Waals surface area contributed by atoms with Gasteiger partial charge in [-0.3, -0.25) is 9.59 Å². The summed E-state index contributed by atoms with van der Waals surface area (Å²) in [5.41, 5.74) is 0. The summed E-state index contributed by atoms with van der Waals surface area (Å²) in [6, 6.07) is -0.548. The molecule has 2 unspecified atom stereocenters. The monoisotopic (exact) mass is 932 g/mol. The Kier molecular flexibility index (Phi) is 55.0. The van der Waals surface area contributed by atoms with Gasteiger partial charge in [-0.1, -0.05) is 283 Å². The maximum atomic E-state index is 12.5. The van der Waals surface area contributed by atoms with E-state index in [2.05, 4.69) is 31.3 Å². The molecule has 6 heteroatoms. The van der Waals surface area contributed by atoms with Gasteiger partial charge < -0.3 is 20.3 Å². The second-order valence-corrected chi connectivity index (χ2v) is 20.7. The summed E-state index contributed by atoms with van der Waals surface area (Å²) in [6.45, 7) is 4.96. The first kappa shape index (κ1) is 64.6. The molecule has 0 aliphatic rings. The molecule has 0 saturated heterocycles. The minimum Gasteiger partial charge on any atom is -0.466 e. The Bertz CT molecular complexity index is 986. The zero-order valence-electron chi connectivity index (χ0n) is 44.7. The van der Waals surface area contributed by atoms with E-state index in [4.69, 9.17) is 4.74 Å². The standard InChI is InChI=1S/C60H117NO5/c1-3-5-7-9-11-13-15-17-18-19-23-26-29-32-36-40-44-48-52-58(63)57(56-62)61-59(64)53-49-45-41-37-33-30-27-24-21-20-22-25-28-31-35-39-43-47-51-55-66-60(65)54-50-46-42-38-34-16-14-12-10-8-6-4-2/h20-21,57-58,62-63H,3-19,22-56H2,1-2H3,(H,61,64)/b21-20-. The van der Waals surface area contributed by atoms with Crippen molar-refractivity contribution in [2.75, 3.05) is 13.2 Å². The van der Waals surface area contributed by atoms with Crippen molar-refractivity contribution in [2.24, 2.45) is 0 Å². The lowest BCUT2D eigenvalue weighted by atomic mass is 10.0. The van der Waals surface area contributed by atoms with Crippen LogP contribution in [-0.4, -0.2) is 47.4 Å². The molecule has 0 heterocycles. The number of aliphatic hydroxyl groups is 2. The Morgan fingerprint density at radius 1 is 0.409 bits per heavy atom. The third-order valence-electron chi connectivity index (χ3n) is 14.1. The first-order valence-electron chi connectivity index (χ1n) is 29.9. The summed E-state index contributed by atoms with van der Waals surface area (Å²) in [5, 5.41) is 23.3. The fourth-order valence-corrected chi connectivity index (χ4v) is 9.46. The molecule has 66 heavy (non-hydrogen) atoms. The van der Waals surface area contributed by atoms with Crippen LogP contribution in [0.25, 0.3) is 0 Å². The van der Waals surface area contributed by atoms with Crippen molar-refractivity contribution in [3.05, 3.63) is 12.2 Å². The number of rotatable bonds is 56. The number of amides is 1. The number of allylic oxidation sites excluding steroid dienone is 2. The lowest BCUT2D eigenvalue weighted by Gasteiger charge is -2.22. The van der Waals surface area contributed by atoms with Gasteiger partial charge >= 0.3 is 5.97 Å². The normalized spacial score (nSPS) is 12.6. The molecule has 6 nitrogen and oxygen atoms in total. The lowest BCUT2D eigenvalue weighted by Crippen LogP contribution is -2.45. The van der Waals surface area contributed by atoms with Crippen LogP contribution in [0.2, 0.25) is 0 Å². The van der Waals surface area contributed by atoms with E-state index in [-0.39, 0.29) is 18.5 Å². The molecule has 1 amide bonds. The zero-order valence-corrected chi connectivity index (χ0v) is 44.7. The molecule has 0 saturated carbocycles. The molecule has 0 rings (SSSR count). The van der Waals surface area contributed by atoms with Gasteiger partial charge in [0, 0.05) is 12.8 Å². The van der Waals surface area contributed by atoms with E-state index >= 15 is 0 Å². The first-order valence-corrected chi connectivity index (χ1v) is 29.9. The molecular weight excluding hydrogens is 815 g/mol. The summed E-state index contributed by atoms with van der Waals surface area (Å²) < 4.78 is 5.46. The van der Waals surface area contributed by atoms with E-state index in [1.54, 1.807) is 0 Å². The maximum Gasteiger partial charge on any atom is 0.305 e. The highest BCUT2D eigenvalue weighted by Crippen LogP contribution is 2.18. The van der Waals surface area contributed by atoms with E-state index in [1.807, 2.05) is 0 Å². The van der Waals surface area contributed by atoms with Gasteiger partial charge in [0.05, 0.1) is 25.4 Å². The van der Waals surface area contributed by atoms with Crippen LogP contribution in [0.15, 0.2) is 12.2 Å². The molecule has 0 aliphatic carbocycles. The Hall–Kier alpha value is -1.40. The van der Waals surface area contributed by atoms with Gasteiger partial charge in [-0.05, 0) is 51.4 Å². The molecule has 0 bridgehead atoms. The fourth-order valence-electron chi connectivity index (χ4n) is 9.46. The molecule has 3 N–H and O–H groups in total. The van der Waals surface area contributed by atoms with Crippen molar-refractivity contribution < 1.29 is 24.5 Å². The summed E-state index contributed by atoms with van der Waals surface area (Å²) in [5.74, 6) is -0.0362. The third-order valence-corrected chi connectivity index (χ3v) is 14.1. The van der Waals surface area contributed by atoms with Crippen molar-refractivity contribution in [1.29, 1.82) is 0 Å². The zero-order chi connectivity index (χ0) is 47.9. The average Bonchev–Trinajstić information content (AvgIpc) is 3.32. The molecule has 0 radical (unpaired) electrons. The molecule has 0 aromatic heterocycles. The largest absolute Gasteiger partial charge is 0.466 e. The number of carbonyl (C=O) groups is 2. The molecule has 0 spiro atoms. The second kappa shape index (κ2) is 56.2. The van der Waals surface area contributed by atoms with Gasteiger partial charge in [-0.2, -0.15) is 0 Å². The molecule has 0 aliphatic heterocycles. The molecule has 0 aromatic rings. The quantitative estimate of drug-likeness (QED) is 0.0321. The highest BCUT2D eigenvalue weighted by atomic mass is 16.5. The number of ether oxygens (including phenoxy) is 1. The minimum absolute atomic E-state index is 0.00532. The summed E-state index contributed by atoms with van der Waals surface area (Å²) in [6.07, 6.45) is 66.3. The predicted octanol–water partition coefficient (Wildman–Crippen LogP) is 18.5. The number of aliphatic hydroxyl groups excluding tert-OH is 2. The van der Waals surface area contributed by atoms with Crippen LogP contribution in [0.3, 0.4) is 0 Å². The van der Waals surface area contributed by atoms with Crippen LogP contribution in [0.1, 0.15) is 335 Å². The van der Waals surface area contributed by atoms with Gasteiger partial charge in [-0.15, -0.1) is 0 Å². The average molecular weight is 933 g/mol. The van der Waals surface area contributed by atoms with Crippen LogP contribution in [-0.2, 0) is 14.3 Å². The third kappa shape index (κ3) is 52.0. The predicted molar refractivity (Wildman–Crippen MR) is 287 cm³/mol. The van der Waals surface area contributed by atoms with E-state index in [1.165, 1.54) is 257 Å². The lowest BCUT2D eigenvalue weighted by molar-refractivity contribution is -0.143. The fraction of sp³-hybridized carbons (Fsp3) is 0.933. The highest BCUT2D eigenvalue weighted by molar-refractivity contribution is 5.76. The van der Waals surface area contributed by atoms with Gasteiger partial charge in [0.1, 0.15) is 0 Å².